The number of nitrogens with one attached hydrogen (secondary N) is 1. The van der Waals surface area contributed by atoms with Crippen LogP contribution in [0.1, 0.15) is 5.56 Å². The molecule has 2 aromatic rings. The predicted octanol–water partition coefficient (Wildman–Crippen LogP) is 1.93. The SMILES string of the molecule is COc1ccccc1NC(=O)N1CCN(Cc2ccc3c(c2)OCO3)CC1.O=C(O)C(=O)O. The van der Waals surface area contributed by atoms with Gasteiger partial charge in [-0.05, 0) is 29.8 Å². The van der Waals surface area contributed by atoms with Crippen LogP contribution in [0.25, 0.3) is 0 Å². The van der Waals surface area contributed by atoms with E-state index in [9.17, 15) is 4.79 Å². The van der Waals surface area contributed by atoms with Gasteiger partial charge in [0.1, 0.15) is 5.75 Å². The van der Waals surface area contributed by atoms with Gasteiger partial charge in [0, 0.05) is 32.7 Å². The Morgan fingerprint density at radius 2 is 1.64 bits per heavy atom. The van der Waals surface area contributed by atoms with Crippen molar-refractivity contribution in [3.8, 4) is 17.2 Å². The number of anilines is 1. The van der Waals surface area contributed by atoms with Gasteiger partial charge in [0.05, 0.1) is 12.8 Å². The van der Waals surface area contributed by atoms with Gasteiger partial charge in [0.25, 0.3) is 0 Å². The molecule has 0 aromatic heterocycles. The number of carbonyl (C=O) groups excluding carboxylic acids is 1. The fraction of sp³-hybridized carbons (Fsp3) is 0.318. The van der Waals surface area contributed by atoms with E-state index in [1.54, 1.807) is 7.11 Å². The number of para-hydroxylation sites is 2. The number of carboxylic acid groups (broad SMARTS) is 2. The van der Waals surface area contributed by atoms with Crippen LogP contribution >= 0.6 is 0 Å². The normalized spacial score (nSPS) is 14.6. The number of carbonyl (C=O) groups is 3. The zero-order chi connectivity index (χ0) is 23.8. The highest BCUT2D eigenvalue weighted by Gasteiger charge is 2.22. The van der Waals surface area contributed by atoms with Crippen LogP contribution < -0.4 is 19.5 Å². The average molecular weight is 459 g/mol. The number of methoxy groups -OCH3 is 1. The Morgan fingerprint density at radius 3 is 2.30 bits per heavy atom. The highest BCUT2D eigenvalue weighted by Crippen LogP contribution is 2.33. The van der Waals surface area contributed by atoms with Crippen LogP contribution in [0.4, 0.5) is 10.5 Å². The minimum Gasteiger partial charge on any atom is -0.495 e. The first-order chi connectivity index (χ1) is 15.9. The number of piperazine rings is 1. The molecule has 2 aromatic carbocycles. The number of rotatable bonds is 4. The zero-order valence-electron chi connectivity index (χ0n) is 18.0. The molecule has 1 saturated heterocycles. The molecule has 0 aliphatic carbocycles. The van der Waals surface area contributed by atoms with Crippen LogP contribution in [0.15, 0.2) is 42.5 Å². The second-order valence-corrected chi connectivity index (χ2v) is 7.19. The van der Waals surface area contributed by atoms with Crippen LogP contribution in [0, 0.1) is 0 Å². The Kier molecular flexibility index (Phi) is 7.92. The molecule has 3 N–H and O–H groups in total. The molecule has 2 amide bonds. The number of hydrogen-bond donors (Lipinski definition) is 3. The summed E-state index contributed by atoms with van der Waals surface area (Å²) in [6, 6.07) is 13.4. The highest BCUT2D eigenvalue weighted by molar-refractivity contribution is 6.27. The summed E-state index contributed by atoms with van der Waals surface area (Å²) in [5.41, 5.74) is 1.87. The molecule has 0 bridgehead atoms. The number of hydrogen-bond acceptors (Lipinski definition) is 7. The van der Waals surface area contributed by atoms with E-state index in [1.807, 2.05) is 41.3 Å². The molecule has 1 fully saturated rings. The molecular weight excluding hydrogens is 434 g/mol. The van der Waals surface area contributed by atoms with Crippen molar-refractivity contribution in [3.05, 3.63) is 48.0 Å². The molecule has 176 valence electrons. The van der Waals surface area contributed by atoms with Crippen molar-refractivity contribution < 1.29 is 38.8 Å². The van der Waals surface area contributed by atoms with Crippen molar-refractivity contribution in [2.75, 3.05) is 45.4 Å². The summed E-state index contributed by atoms with van der Waals surface area (Å²) in [5.74, 6) is -1.38. The second kappa shape index (κ2) is 11.0. The van der Waals surface area contributed by atoms with Gasteiger partial charge in [-0.3, -0.25) is 4.90 Å². The fourth-order valence-electron chi connectivity index (χ4n) is 3.35. The van der Waals surface area contributed by atoms with E-state index in [0.29, 0.717) is 31.3 Å². The molecule has 4 rings (SSSR count). The van der Waals surface area contributed by atoms with E-state index in [0.717, 1.165) is 31.1 Å². The van der Waals surface area contributed by atoms with Gasteiger partial charge in [-0.15, -0.1) is 0 Å². The smallest absolute Gasteiger partial charge is 0.414 e. The molecule has 11 heteroatoms. The average Bonchev–Trinajstić information content (AvgIpc) is 3.28. The van der Waals surface area contributed by atoms with Gasteiger partial charge in [-0.25, -0.2) is 14.4 Å². The van der Waals surface area contributed by atoms with Crippen molar-refractivity contribution in [2.24, 2.45) is 0 Å². The molecule has 0 unspecified atom stereocenters. The van der Waals surface area contributed by atoms with Crippen molar-refractivity contribution in [1.29, 1.82) is 0 Å². The van der Waals surface area contributed by atoms with E-state index < -0.39 is 11.9 Å². The first-order valence-corrected chi connectivity index (χ1v) is 10.1. The zero-order valence-corrected chi connectivity index (χ0v) is 18.0. The Morgan fingerprint density at radius 1 is 0.970 bits per heavy atom. The lowest BCUT2D eigenvalue weighted by molar-refractivity contribution is -0.159. The van der Waals surface area contributed by atoms with E-state index in [4.69, 9.17) is 34.0 Å². The van der Waals surface area contributed by atoms with Gasteiger partial charge < -0.3 is 34.6 Å². The van der Waals surface area contributed by atoms with E-state index in [2.05, 4.69) is 16.3 Å². The lowest BCUT2D eigenvalue weighted by Crippen LogP contribution is -2.49. The van der Waals surface area contributed by atoms with Gasteiger partial charge in [-0.1, -0.05) is 18.2 Å². The molecule has 0 spiro atoms. The molecule has 2 aliphatic rings. The van der Waals surface area contributed by atoms with Crippen molar-refractivity contribution in [3.63, 3.8) is 0 Å². The van der Waals surface area contributed by atoms with Crippen LogP contribution in [0.3, 0.4) is 0 Å². The lowest BCUT2D eigenvalue weighted by Gasteiger charge is -2.34. The first-order valence-electron chi connectivity index (χ1n) is 10.1. The monoisotopic (exact) mass is 459 g/mol. The minimum absolute atomic E-state index is 0.0952. The largest absolute Gasteiger partial charge is 0.495 e. The summed E-state index contributed by atoms with van der Waals surface area (Å²) in [7, 11) is 1.60. The topological polar surface area (TPSA) is 138 Å². The standard InChI is InChI=1S/C20H23N3O4.C2H2O4/c1-25-17-5-3-2-4-16(17)21-20(24)23-10-8-22(9-11-23)13-15-6-7-18-19(12-15)27-14-26-18;3-1(4)2(5)6/h2-7,12H,8-11,13-14H2,1H3,(H,21,24);(H,3,4)(H,5,6). The van der Waals surface area contributed by atoms with Crippen LogP contribution in [-0.4, -0.2) is 78.1 Å². The number of ether oxygens (including phenoxy) is 3. The molecule has 0 radical (unpaired) electrons. The van der Waals surface area contributed by atoms with Gasteiger partial charge >= 0.3 is 18.0 Å². The Balaban J connectivity index is 0.000000454. The summed E-state index contributed by atoms with van der Waals surface area (Å²) in [5, 5.41) is 17.7. The maximum Gasteiger partial charge on any atom is 0.414 e. The minimum atomic E-state index is -1.82. The van der Waals surface area contributed by atoms with Gasteiger partial charge in [-0.2, -0.15) is 0 Å². The molecule has 33 heavy (non-hydrogen) atoms. The number of aliphatic carboxylic acids is 2. The van der Waals surface area contributed by atoms with Crippen molar-refractivity contribution >= 4 is 23.7 Å². The third-order valence-electron chi connectivity index (χ3n) is 5.03. The fourth-order valence-corrected chi connectivity index (χ4v) is 3.35. The summed E-state index contributed by atoms with van der Waals surface area (Å²) in [6.45, 7) is 4.15. The molecule has 2 aliphatic heterocycles. The quantitative estimate of drug-likeness (QED) is 0.586. The van der Waals surface area contributed by atoms with Crippen LogP contribution in [0.2, 0.25) is 0 Å². The third-order valence-corrected chi connectivity index (χ3v) is 5.03. The molecule has 11 nitrogen and oxygen atoms in total. The summed E-state index contributed by atoms with van der Waals surface area (Å²) in [4.78, 5) is 34.9. The van der Waals surface area contributed by atoms with Crippen LogP contribution in [0.5, 0.6) is 17.2 Å². The third kappa shape index (κ3) is 6.50. The van der Waals surface area contributed by atoms with Crippen molar-refractivity contribution in [2.45, 2.75) is 6.54 Å². The maximum atomic E-state index is 12.5. The van der Waals surface area contributed by atoms with Gasteiger partial charge in [0.15, 0.2) is 11.5 Å². The summed E-state index contributed by atoms with van der Waals surface area (Å²) < 4.78 is 16.1. The predicted molar refractivity (Wildman–Crippen MR) is 117 cm³/mol. The van der Waals surface area contributed by atoms with Gasteiger partial charge in [0.2, 0.25) is 6.79 Å². The number of fused-ring (bicyclic) bond motifs is 1. The second-order valence-electron chi connectivity index (χ2n) is 7.19. The molecule has 0 atom stereocenters. The van der Waals surface area contributed by atoms with Crippen LogP contribution in [-0.2, 0) is 16.1 Å². The summed E-state index contributed by atoms with van der Waals surface area (Å²) >= 11 is 0. The molecule has 2 heterocycles. The number of urea groups is 1. The molecular formula is C22H25N3O8. The lowest BCUT2D eigenvalue weighted by atomic mass is 10.1. The van der Waals surface area contributed by atoms with E-state index >= 15 is 0 Å². The first kappa shape index (κ1) is 23.7. The molecule has 0 saturated carbocycles. The van der Waals surface area contributed by atoms with Crippen molar-refractivity contribution in [1.82, 2.24) is 9.80 Å². The Labute approximate surface area is 190 Å². The number of nitrogens with zero attached hydrogens (tertiary/aromatic N) is 2. The Hall–Kier alpha value is -3.99. The van der Waals surface area contributed by atoms with E-state index in [-0.39, 0.29) is 6.03 Å². The summed E-state index contributed by atoms with van der Waals surface area (Å²) in [6.07, 6.45) is 0. The highest BCUT2D eigenvalue weighted by atomic mass is 16.7. The number of benzene rings is 2. The Bertz CT molecular complexity index is 993. The number of amides is 2. The maximum absolute atomic E-state index is 12.5. The van der Waals surface area contributed by atoms with E-state index in [1.165, 1.54) is 5.56 Å². The number of carboxylic acids is 2.